The van der Waals surface area contributed by atoms with Crippen LogP contribution in [0.25, 0.3) is 0 Å². The third kappa shape index (κ3) is 43.7. The summed E-state index contributed by atoms with van der Waals surface area (Å²) in [6.07, 6.45) is 63.6. The van der Waals surface area contributed by atoms with Crippen LogP contribution in [0.1, 0.15) is 233 Å². The lowest BCUT2D eigenvalue weighted by molar-refractivity contribution is -0.151. The summed E-state index contributed by atoms with van der Waals surface area (Å²) < 4.78 is 5.90. The van der Waals surface area contributed by atoms with Gasteiger partial charge in [0.15, 0.2) is 0 Å². The van der Waals surface area contributed by atoms with Crippen molar-refractivity contribution in [1.82, 2.24) is 5.32 Å². The Hall–Kier alpha value is -2.96. The molecule has 0 aromatic carbocycles. The number of esters is 1. The topological polar surface area (TPSA) is 95.9 Å². The highest BCUT2D eigenvalue weighted by atomic mass is 16.5. The first kappa shape index (κ1) is 59.0. The van der Waals surface area contributed by atoms with Gasteiger partial charge in [-0.25, -0.2) is 0 Å². The lowest BCUT2D eigenvalue weighted by atomic mass is 10.0. The molecule has 62 heavy (non-hydrogen) atoms. The number of carbonyl (C=O) groups is 2. The van der Waals surface area contributed by atoms with Crippen molar-refractivity contribution >= 4 is 11.9 Å². The highest BCUT2D eigenvalue weighted by Gasteiger charge is 2.24. The van der Waals surface area contributed by atoms with Crippen molar-refractivity contribution in [2.45, 2.75) is 251 Å². The Morgan fingerprint density at radius 2 is 0.952 bits per heavy atom. The molecule has 0 aliphatic carbocycles. The van der Waals surface area contributed by atoms with Crippen LogP contribution in [-0.4, -0.2) is 46.9 Å². The van der Waals surface area contributed by atoms with Gasteiger partial charge in [-0.2, -0.15) is 0 Å². The van der Waals surface area contributed by atoms with Crippen LogP contribution >= 0.6 is 0 Å². The third-order valence-corrected chi connectivity index (χ3v) is 11.3. The van der Waals surface area contributed by atoms with Crippen molar-refractivity contribution in [3.05, 3.63) is 85.1 Å². The minimum atomic E-state index is -0.806. The maximum absolute atomic E-state index is 13.2. The summed E-state index contributed by atoms with van der Waals surface area (Å²) in [5, 5.41) is 23.8. The van der Waals surface area contributed by atoms with Crippen LogP contribution in [0.2, 0.25) is 0 Å². The zero-order valence-corrected chi connectivity index (χ0v) is 40.5. The molecule has 0 spiro atoms. The van der Waals surface area contributed by atoms with Crippen molar-refractivity contribution in [2.75, 3.05) is 6.61 Å². The molecule has 6 heteroatoms. The van der Waals surface area contributed by atoms with Crippen LogP contribution in [0.4, 0.5) is 0 Å². The highest BCUT2D eigenvalue weighted by molar-refractivity contribution is 5.77. The van der Waals surface area contributed by atoms with E-state index in [1.54, 1.807) is 0 Å². The third-order valence-electron chi connectivity index (χ3n) is 11.3. The molecule has 0 aromatic rings. The Morgan fingerprint density at radius 1 is 0.500 bits per heavy atom. The molecule has 0 bridgehead atoms. The van der Waals surface area contributed by atoms with Gasteiger partial charge < -0.3 is 20.3 Å². The van der Waals surface area contributed by atoms with Crippen LogP contribution in [0.15, 0.2) is 85.1 Å². The zero-order chi connectivity index (χ0) is 45.2. The van der Waals surface area contributed by atoms with Crippen molar-refractivity contribution in [1.29, 1.82) is 0 Å². The molecule has 0 rings (SSSR count). The number of unbranched alkanes of at least 4 members (excludes halogenated alkanes) is 22. The molecule has 3 N–H and O–H groups in total. The van der Waals surface area contributed by atoms with Gasteiger partial charge in [-0.15, -0.1) is 0 Å². The van der Waals surface area contributed by atoms with E-state index in [1.807, 2.05) is 18.2 Å². The fourth-order valence-corrected chi connectivity index (χ4v) is 7.45. The lowest BCUT2D eigenvalue weighted by Crippen LogP contribution is -2.46. The number of aliphatic hydroxyl groups excluding tert-OH is 2. The number of ether oxygens (including phenoxy) is 1. The molecule has 3 unspecified atom stereocenters. The first-order valence-electron chi connectivity index (χ1n) is 25.9. The molecule has 0 saturated carbocycles. The maximum atomic E-state index is 13.2. The van der Waals surface area contributed by atoms with Gasteiger partial charge in [0.25, 0.3) is 0 Å². The molecule has 0 aliphatic rings. The monoisotopic (exact) mass is 864 g/mol. The molecule has 6 nitrogen and oxygen atoms in total. The Balaban J connectivity index is 4.61. The van der Waals surface area contributed by atoms with E-state index < -0.39 is 18.2 Å². The van der Waals surface area contributed by atoms with Gasteiger partial charge in [-0.05, 0) is 77.0 Å². The number of hydrogen-bond acceptors (Lipinski definition) is 5. The first-order valence-corrected chi connectivity index (χ1v) is 25.9. The normalized spacial score (nSPS) is 14.0. The van der Waals surface area contributed by atoms with Crippen molar-refractivity contribution in [2.24, 2.45) is 0 Å². The van der Waals surface area contributed by atoms with Crippen LogP contribution in [0.3, 0.4) is 0 Å². The van der Waals surface area contributed by atoms with Crippen LogP contribution in [0, 0.1) is 0 Å². The number of nitrogens with one attached hydrogen (secondary N) is 1. The Labute approximate surface area is 383 Å². The second kappa shape index (κ2) is 49.1. The van der Waals surface area contributed by atoms with Crippen molar-refractivity contribution in [3.63, 3.8) is 0 Å². The smallest absolute Gasteiger partial charge is 0.306 e. The molecule has 0 fully saturated rings. The standard InChI is InChI=1S/C56H97NO5/c1-4-7-10-13-16-19-22-25-27-29-30-33-36-39-42-45-48-54(59)53(51-58)57-55(60)50-52(47-44-41-38-35-32-24-21-18-15-12-9-6-3)62-56(61)49-46-43-40-37-34-31-28-26-23-20-17-14-11-8-5-2/h8-9,11-12,14,17-18,20-21,23,26,28,32,35,52-54,58-59H,4-7,10,13,15-16,19,22,24-25,27,29-31,33-34,36-51H2,1-3H3,(H,57,60)/b11-8+,12-9+,17-14+,21-18+,23-20+,28-26-,35-32+. The fourth-order valence-electron chi connectivity index (χ4n) is 7.45. The van der Waals surface area contributed by atoms with Gasteiger partial charge in [-0.1, -0.05) is 228 Å². The Morgan fingerprint density at radius 3 is 1.53 bits per heavy atom. The van der Waals surface area contributed by atoms with E-state index in [2.05, 4.69) is 92.9 Å². The molecule has 356 valence electrons. The van der Waals surface area contributed by atoms with Crippen LogP contribution in [0.5, 0.6) is 0 Å². The summed E-state index contributed by atoms with van der Waals surface area (Å²) in [7, 11) is 0. The molecule has 0 saturated heterocycles. The molecular weight excluding hydrogens is 767 g/mol. The van der Waals surface area contributed by atoms with Crippen LogP contribution < -0.4 is 5.32 Å². The van der Waals surface area contributed by atoms with E-state index in [0.29, 0.717) is 19.3 Å². The van der Waals surface area contributed by atoms with Gasteiger partial charge in [0.1, 0.15) is 6.10 Å². The van der Waals surface area contributed by atoms with E-state index in [4.69, 9.17) is 4.74 Å². The lowest BCUT2D eigenvalue weighted by Gasteiger charge is -2.24. The fraction of sp³-hybridized carbons (Fsp3) is 0.714. The predicted octanol–water partition coefficient (Wildman–Crippen LogP) is 15.6. The quantitative estimate of drug-likeness (QED) is 0.0245. The minimum Gasteiger partial charge on any atom is -0.462 e. The second-order valence-corrected chi connectivity index (χ2v) is 17.3. The maximum Gasteiger partial charge on any atom is 0.306 e. The summed E-state index contributed by atoms with van der Waals surface area (Å²) in [6, 6.07) is -0.723. The van der Waals surface area contributed by atoms with Gasteiger partial charge in [-0.3, -0.25) is 9.59 Å². The largest absolute Gasteiger partial charge is 0.462 e. The summed E-state index contributed by atoms with van der Waals surface area (Å²) in [4.78, 5) is 26.1. The molecule has 0 heterocycles. The van der Waals surface area contributed by atoms with E-state index in [-0.39, 0.29) is 24.9 Å². The number of amides is 1. The molecule has 1 amide bonds. The predicted molar refractivity (Wildman–Crippen MR) is 268 cm³/mol. The van der Waals surface area contributed by atoms with E-state index in [1.165, 1.54) is 83.5 Å². The van der Waals surface area contributed by atoms with Gasteiger partial charge in [0, 0.05) is 6.42 Å². The average Bonchev–Trinajstić information content (AvgIpc) is 3.26. The molecule has 0 radical (unpaired) electrons. The van der Waals surface area contributed by atoms with Crippen LogP contribution in [-0.2, 0) is 14.3 Å². The average molecular weight is 864 g/mol. The van der Waals surface area contributed by atoms with Gasteiger partial charge >= 0.3 is 5.97 Å². The van der Waals surface area contributed by atoms with Crippen molar-refractivity contribution in [3.8, 4) is 0 Å². The molecule has 0 aliphatic heterocycles. The Kier molecular flexibility index (Phi) is 46.7. The van der Waals surface area contributed by atoms with Gasteiger partial charge in [0.05, 0.1) is 25.2 Å². The zero-order valence-electron chi connectivity index (χ0n) is 40.5. The summed E-state index contributed by atoms with van der Waals surface area (Å²) >= 11 is 0. The number of hydrogen-bond donors (Lipinski definition) is 3. The molecule has 0 aromatic heterocycles. The molecule has 3 atom stereocenters. The Bertz CT molecular complexity index is 1200. The van der Waals surface area contributed by atoms with E-state index >= 15 is 0 Å². The van der Waals surface area contributed by atoms with E-state index in [9.17, 15) is 19.8 Å². The highest BCUT2D eigenvalue weighted by Crippen LogP contribution is 2.17. The van der Waals surface area contributed by atoms with Gasteiger partial charge in [0.2, 0.25) is 5.91 Å². The summed E-state index contributed by atoms with van der Waals surface area (Å²) in [5.41, 5.74) is 0. The molecular formula is C56H97NO5. The SMILES string of the molecule is CC/C=C/C=C/C=C/C=C\CCCCCCCC(=O)OC(CCCC/C=C/C/C=C/C/C=C/CC)CC(=O)NC(CO)C(O)CCCCCCCCCCCCCCCCCC. The first-order chi connectivity index (χ1) is 30.5. The number of carbonyl (C=O) groups excluding carboxylic acids is 2. The number of allylic oxidation sites excluding steroid dienone is 14. The van der Waals surface area contributed by atoms with E-state index in [0.717, 1.165) is 103 Å². The summed E-state index contributed by atoms with van der Waals surface area (Å²) in [6.45, 7) is 6.22. The minimum absolute atomic E-state index is 0.0377. The van der Waals surface area contributed by atoms with Crippen molar-refractivity contribution < 1.29 is 24.5 Å². The number of aliphatic hydroxyl groups is 2. The number of rotatable bonds is 45. The summed E-state index contributed by atoms with van der Waals surface area (Å²) in [5.74, 6) is -0.544. The second-order valence-electron chi connectivity index (χ2n) is 17.3.